The van der Waals surface area contributed by atoms with Gasteiger partial charge < -0.3 is 10.2 Å². The first-order valence-corrected chi connectivity index (χ1v) is 12.0. The standard InChI is InChI=1S/C27H38O2/c1-25-14-11-21(28)18-20(25)8-9-22-23(25)12-15-26(2)24(22)13-17-27(26,29)16-10-19-6-4-3-5-7-19/h3-7,10,16,20-24,28-29H,8-9,11-15,17-18H2,1-2H3/b16-10+/t20-,21-,22-,23+,24+,25+,26+,27+/m1/s1. The fourth-order valence-corrected chi connectivity index (χ4v) is 8.36. The summed E-state index contributed by atoms with van der Waals surface area (Å²) in [4.78, 5) is 0. The summed E-state index contributed by atoms with van der Waals surface area (Å²) in [6.07, 6.45) is 14.4. The average molecular weight is 395 g/mol. The van der Waals surface area contributed by atoms with Crippen molar-refractivity contribution in [1.29, 1.82) is 0 Å². The normalized spacial score (nSPS) is 49.4. The number of fused-ring (bicyclic) bond motifs is 5. The Morgan fingerprint density at radius 3 is 2.45 bits per heavy atom. The van der Waals surface area contributed by atoms with Crippen LogP contribution < -0.4 is 0 Å². The molecule has 8 atom stereocenters. The third-order valence-corrected chi connectivity index (χ3v) is 10.2. The van der Waals surface area contributed by atoms with Gasteiger partial charge in [-0.15, -0.1) is 0 Å². The minimum Gasteiger partial charge on any atom is -0.393 e. The second-order valence-electron chi connectivity index (χ2n) is 11.2. The van der Waals surface area contributed by atoms with Crippen molar-refractivity contribution in [1.82, 2.24) is 0 Å². The highest BCUT2D eigenvalue weighted by atomic mass is 16.3. The van der Waals surface area contributed by atoms with Crippen LogP contribution in [0.4, 0.5) is 0 Å². The van der Waals surface area contributed by atoms with E-state index in [0.29, 0.717) is 17.3 Å². The monoisotopic (exact) mass is 394 g/mol. The summed E-state index contributed by atoms with van der Waals surface area (Å²) in [5.74, 6) is 2.88. The Kier molecular flexibility index (Phi) is 4.75. The summed E-state index contributed by atoms with van der Waals surface area (Å²) in [7, 11) is 0. The number of aliphatic hydroxyl groups is 2. The molecule has 4 aliphatic rings. The van der Waals surface area contributed by atoms with Crippen molar-refractivity contribution in [2.75, 3.05) is 0 Å². The minimum atomic E-state index is -0.682. The summed E-state index contributed by atoms with van der Waals surface area (Å²) in [6, 6.07) is 10.4. The van der Waals surface area contributed by atoms with Crippen LogP contribution in [0, 0.1) is 34.5 Å². The van der Waals surface area contributed by atoms with E-state index in [2.05, 4.69) is 50.3 Å². The molecule has 29 heavy (non-hydrogen) atoms. The lowest BCUT2D eigenvalue weighted by molar-refractivity contribution is -0.146. The molecule has 0 unspecified atom stereocenters. The van der Waals surface area contributed by atoms with Crippen LogP contribution in [0.2, 0.25) is 0 Å². The van der Waals surface area contributed by atoms with Gasteiger partial charge in [-0.2, -0.15) is 0 Å². The lowest BCUT2D eigenvalue weighted by Crippen LogP contribution is -2.56. The second kappa shape index (κ2) is 6.95. The van der Waals surface area contributed by atoms with Crippen LogP contribution in [-0.4, -0.2) is 21.9 Å². The summed E-state index contributed by atoms with van der Waals surface area (Å²) in [5, 5.41) is 22.0. The van der Waals surface area contributed by atoms with E-state index in [1.807, 2.05) is 6.07 Å². The highest BCUT2D eigenvalue weighted by molar-refractivity contribution is 5.51. The Labute approximate surface area is 176 Å². The van der Waals surface area contributed by atoms with Gasteiger partial charge in [-0.3, -0.25) is 0 Å². The van der Waals surface area contributed by atoms with Gasteiger partial charge in [0, 0.05) is 5.41 Å². The third kappa shape index (κ3) is 2.97. The van der Waals surface area contributed by atoms with E-state index in [0.717, 1.165) is 43.9 Å². The lowest BCUT2D eigenvalue weighted by atomic mass is 9.44. The maximum absolute atomic E-state index is 11.8. The Hall–Kier alpha value is -1.12. The van der Waals surface area contributed by atoms with Crippen molar-refractivity contribution in [2.24, 2.45) is 34.5 Å². The molecule has 5 rings (SSSR count). The van der Waals surface area contributed by atoms with E-state index in [-0.39, 0.29) is 11.5 Å². The number of rotatable bonds is 2. The quantitative estimate of drug-likeness (QED) is 0.662. The zero-order valence-corrected chi connectivity index (χ0v) is 18.2. The Balaban J connectivity index is 1.40. The van der Waals surface area contributed by atoms with Gasteiger partial charge in [0.25, 0.3) is 0 Å². The molecule has 0 radical (unpaired) electrons. The van der Waals surface area contributed by atoms with Gasteiger partial charge in [-0.05, 0) is 92.4 Å². The van der Waals surface area contributed by atoms with Crippen molar-refractivity contribution < 1.29 is 10.2 Å². The number of hydrogen-bond donors (Lipinski definition) is 2. The van der Waals surface area contributed by atoms with Crippen molar-refractivity contribution in [3.8, 4) is 0 Å². The SMILES string of the molecule is C[C@]12CC[C@@H](O)C[C@H]1CC[C@@H]1[C@@H]2CC[C@@]2(C)[C@H]1CC[C@@]2(O)/C=C/c1ccccc1. The van der Waals surface area contributed by atoms with Gasteiger partial charge in [0.1, 0.15) is 0 Å². The molecule has 2 heteroatoms. The Bertz CT molecular complexity index is 772. The van der Waals surface area contributed by atoms with E-state index in [9.17, 15) is 10.2 Å². The van der Waals surface area contributed by atoms with E-state index >= 15 is 0 Å². The van der Waals surface area contributed by atoms with Crippen molar-refractivity contribution in [3.05, 3.63) is 42.0 Å². The molecule has 2 N–H and O–H groups in total. The van der Waals surface area contributed by atoms with Crippen molar-refractivity contribution in [2.45, 2.75) is 83.3 Å². The third-order valence-electron chi connectivity index (χ3n) is 10.2. The van der Waals surface area contributed by atoms with Crippen LogP contribution in [0.1, 0.15) is 77.2 Å². The van der Waals surface area contributed by atoms with E-state index < -0.39 is 5.60 Å². The number of aliphatic hydroxyl groups excluding tert-OH is 1. The predicted octanol–water partition coefficient (Wildman–Crippen LogP) is 5.83. The lowest BCUT2D eigenvalue weighted by Gasteiger charge is -2.61. The van der Waals surface area contributed by atoms with E-state index in [4.69, 9.17) is 0 Å². The molecule has 4 aliphatic carbocycles. The molecule has 0 heterocycles. The molecule has 0 aliphatic heterocycles. The topological polar surface area (TPSA) is 40.5 Å². The van der Waals surface area contributed by atoms with Crippen LogP contribution in [0.3, 0.4) is 0 Å². The molecule has 0 amide bonds. The Morgan fingerprint density at radius 2 is 1.66 bits per heavy atom. The minimum absolute atomic E-state index is 0.00315. The van der Waals surface area contributed by atoms with Crippen molar-refractivity contribution >= 4 is 6.08 Å². The molecule has 2 nitrogen and oxygen atoms in total. The summed E-state index contributed by atoms with van der Waals surface area (Å²) >= 11 is 0. The van der Waals surface area contributed by atoms with Gasteiger partial charge in [-0.25, -0.2) is 0 Å². The first-order valence-electron chi connectivity index (χ1n) is 12.0. The van der Waals surface area contributed by atoms with Crippen LogP contribution >= 0.6 is 0 Å². The molecule has 4 fully saturated rings. The molecular formula is C27H38O2. The molecular weight excluding hydrogens is 356 g/mol. The van der Waals surface area contributed by atoms with E-state index in [1.54, 1.807) is 0 Å². The molecule has 0 aromatic heterocycles. The zero-order chi connectivity index (χ0) is 20.3. The van der Waals surface area contributed by atoms with Crippen LogP contribution in [-0.2, 0) is 0 Å². The Morgan fingerprint density at radius 1 is 0.897 bits per heavy atom. The zero-order valence-electron chi connectivity index (χ0n) is 18.2. The van der Waals surface area contributed by atoms with Crippen LogP contribution in [0.5, 0.6) is 0 Å². The molecule has 1 aromatic carbocycles. The molecule has 0 bridgehead atoms. The van der Waals surface area contributed by atoms with Crippen LogP contribution in [0.25, 0.3) is 6.08 Å². The number of benzene rings is 1. The van der Waals surface area contributed by atoms with E-state index in [1.165, 1.54) is 31.2 Å². The van der Waals surface area contributed by atoms with Gasteiger partial charge in [0.05, 0.1) is 11.7 Å². The van der Waals surface area contributed by atoms with Gasteiger partial charge in [0.15, 0.2) is 0 Å². The highest BCUT2D eigenvalue weighted by Crippen LogP contribution is 2.68. The smallest absolute Gasteiger partial charge is 0.0887 e. The van der Waals surface area contributed by atoms with Gasteiger partial charge in [-0.1, -0.05) is 56.3 Å². The van der Waals surface area contributed by atoms with Gasteiger partial charge >= 0.3 is 0 Å². The van der Waals surface area contributed by atoms with Crippen molar-refractivity contribution in [3.63, 3.8) is 0 Å². The molecule has 158 valence electrons. The maximum Gasteiger partial charge on any atom is 0.0887 e. The molecule has 1 aromatic rings. The maximum atomic E-state index is 11.8. The molecule has 0 spiro atoms. The molecule has 0 saturated heterocycles. The fourth-order valence-electron chi connectivity index (χ4n) is 8.36. The fraction of sp³-hybridized carbons (Fsp3) is 0.704. The first-order chi connectivity index (χ1) is 13.9. The first kappa shape index (κ1) is 19.8. The predicted molar refractivity (Wildman–Crippen MR) is 118 cm³/mol. The average Bonchev–Trinajstić information content (AvgIpc) is 2.99. The largest absolute Gasteiger partial charge is 0.393 e. The summed E-state index contributed by atoms with van der Waals surface area (Å²) in [6.45, 7) is 4.93. The second-order valence-corrected chi connectivity index (χ2v) is 11.2. The summed E-state index contributed by atoms with van der Waals surface area (Å²) < 4.78 is 0. The molecule has 4 saturated carbocycles. The summed E-state index contributed by atoms with van der Waals surface area (Å²) in [5.41, 5.74) is 0.898. The van der Waals surface area contributed by atoms with Gasteiger partial charge in [0.2, 0.25) is 0 Å². The highest BCUT2D eigenvalue weighted by Gasteiger charge is 2.63. The van der Waals surface area contributed by atoms with Crippen LogP contribution in [0.15, 0.2) is 36.4 Å². The number of hydrogen-bond acceptors (Lipinski definition) is 2.